The van der Waals surface area contributed by atoms with Crippen LogP contribution in [-0.2, 0) is 4.74 Å². The Balaban J connectivity index is 2.07. The van der Waals surface area contributed by atoms with Crippen LogP contribution in [0.5, 0.6) is 0 Å². The van der Waals surface area contributed by atoms with Crippen LogP contribution >= 0.6 is 0 Å². The lowest BCUT2D eigenvalue weighted by Crippen LogP contribution is -2.50. The lowest BCUT2D eigenvalue weighted by molar-refractivity contribution is -0.0575. The molecule has 0 bridgehead atoms. The number of hydrogen-bond donors (Lipinski definition) is 1. The number of benzene rings is 1. The molecule has 2 N–H and O–H groups in total. The van der Waals surface area contributed by atoms with E-state index >= 15 is 0 Å². The van der Waals surface area contributed by atoms with E-state index in [1.54, 1.807) is 0 Å². The molecule has 1 aromatic carbocycles. The monoisotopic (exact) mass is 276 g/mol. The van der Waals surface area contributed by atoms with Crippen molar-refractivity contribution in [1.82, 2.24) is 4.90 Å². The van der Waals surface area contributed by atoms with Gasteiger partial charge < -0.3 is 10.5 Å². The summed E-state index contributed by atoms with van der Waals surface area (Å²) in [6.07, 6.45) is 1.43. The van der Waals surface area contributed by atoms with Gasteiger partial charge in [-0.2, -0.15) is 0 Å². The molecular weight excluding hydrogens is 248 g/mol. The minimum atomic E-state index is 0.0768. The summed E-state index contributed by atoms with van der Waals surface area (Å²) >= 11 is 0. The highest BCUT2D eigenvalue weighted by molar-refractivity contribution is 5.30. The van der Waals surface area contributed by atoms with E-state index in [9.17, 15) is 0 Å². The Morgan fingerprint density at radius 3 is 2.55 bits per heavy atom. The largest absolute Gasteiger partial charge is 0.376 e. The Hall–Kier alpha value is -0.900. The lowest BCUT2D eigenvalue weighted by atomic mass is 10.0. The normalized spacial score (nSPS) is 25.6. The fraction of sp³-hybridized carbons (Fsp3) is 0.647. The van der Waals surface area contributed by atoms with E-state index in [0.29, 0.717) is 12.1 Å². The first-order chi connectivity index (χ1) is 9.49. The number of aryl methyl sites for hydroxylation is 2. The Kier molecular flexibility index (Phi) is 5.19. The van der Waals surface area contributed by atoms with Crippen molar-refractivity contribution in [3.63, 3.8) is 0 Å². The number of rotatable bonds is 4. The van der Waals surface area contributed by atoms with Gasteiger partial charge in [0.15, 0.2) is 0 Å². The molecule has 3 heteroatoms. The van der Waals surface area contributed by atoms with Crippen LogP contribution in [0.4, 0.5) is 0 Å². The van der Waals surface area contributed by atoms with Crippen molar-refractivity contribution in [2.75, 3.05) is 19.7 Å². The third-order valence-electron chi connectivity index (χ3n) is 4.16. The van der Waals surface area contributed by atoms with E-state index in [-0.39, 0.29) is 6.04 Å². The van der Waals surface area contributed by atoms with Crippen molar-refractivity contribution in [3.8, 4) is 0 Å². The van der Waals surface area contributed by atoms with E-state index < -0.39 is 0 Å². The van der Waals surface area contributed by atoms with Gasteiger partial charge in [0.05, 0.1) is 12.7 Å². The maximum absolute atomic E-state index is 6.44. The van der Waals surface area contributed by atoms with Gasteiger partial charge in [-0.05, 0) is 32.8 Å². The molecule has 0 spiro atoms. The van der Waals surface area contributed by atoms with Crippen LogP contribution in [0.15, 0.2) is 18.2 Å². The standard InChI is InChI=1S/C17H28N2O/c1-5-16-11-20-14(4)9-19(16)10-17(18)15-7-12(2)6-13(3)8-15/h6-8,14,16-17H,5,9-11,18H2,1-4H3. The molecule has 1 aliphatic heterocycles. The summed E-state index contributed by atoms with van der Waals surface area (Å²) in [6, 6.07) is 7.20. The second-order valence-corrected chi connectivity index (χ2v) is 6.19. The fourth-order valence-corrected chi connectivity index (χ4v) is 3.09. The highest BCUT2D eigenvalue weighted by Gasteiger charge is 2.27. The molecule has 3 atom stereocenters. The molecule has 1 heterocycles. The van der Waals surface area contributed by atoms with Gasteiger partial charge in [-0.15, -0.1) is 0 Å². The van der Waals surface area contributed by atoms with Crippen molar-refractivity contribution in [1.29, 1.82) is 0 Å². The molecule has 20 heavy (non-hydrogen) atoms. The molecule has 112 valence electrons. The van der Waals surface area contributed by atoms with Crippen molar-refractivity contribution in [3.05, 3.63) is 34.9 Å². The molecule has 0 radical (unpaired) electrons. The number of nitrogens with zero attached hydrogens (tertiary/aromatic N) is 1. The SMILES string of the molecule is CCC1COC(C)CN1CC(N)c1cc(C)cc(C)c1. The summed E-state index contributed by atoms with van der Waals surface area (Å²) < 4.78 is 5.75. The summed E-state index contributed by atoms with van der Waals surface area (Å²) in [4.78, 5) is 2.50. The Labute approximate surface area is 123 Å². The van der Waals surface area contributed by atoms with E-state index in [4.69, 9.17) is 10.5 Å². The molecule has 1 aromatic rings. The van der Waals surface area contributed by atoms with Crippen LogP contribution in [0.1, 0.15) is 43.0 Å². The number of ether oxygens (including phenoxy) is 1. The first-order valence-corrected chi connectivity index (χ1v) is 7.69. The zero-order chi connectivity index (χ0) is 14.7. The average molecular weight is 276 g/mol. The topological polar surface area (TPSA) is 38.5 Å². The van der Waals surface area contributed by atoms with Gasteiger partial charge in [0.1, 0.15) is 0 Å². The fourth-order valence-electron chi connectivity index (χ4n) is 3.09. The van der Waals surface area contributed by atoms with Gasteiger partial charge in [-0.25, -0.2) is 0 Å². The molecule has 0 saturated carbocycles. The minimum Gasteiger partial charge on any atom is -0.376 e. The Morgan fingerprint density at radius 2 is 1.95 bits per heavy atom. The Bertz CT molecular complexity index is 426. The summed E-state index contributed by atoms with van der Waals surface area (Å²) in [7, 11) is 0. The molecule has 1 fully saturated rings. The first kappa shape index (κ1) is 15.5. The van der Waals surface area contributed by atoms with E-state index in [1.807, 2.05) is 0 Å². The molecule has 3 nitrogen and oxygen atoms in total. The van der Waals surface area contributed by atoms with Gasteiger partial charge in [0.2, 0.25) is 0 Å². The smallest absolute Gasteiger partial charge is 0.0674 e. The summed E-state index contributed by atoms with van der Waals surface area (Å²) in [5.74, 6) is 0. The van der Waals surface area contributed by atoms with Crippen LogP contribution in [-0.4, -0.2) is 36.7 Å². The van der Waals surface area contributed by atoms with E-state index in [0.717, 1.165) is 26.1 Å². The molecule has 1 aliphatic rings. The highest BCUT2D eigenvalue weighted by atomic mass is 16.5. The summed E-state index contributed by atoms with van der Waals surface area (Å²) in [5, 5.41) is 0. The van der Waals surface area contributed by atoms with Gasteiger partial charge in [0, 0.05) is 25.2 Å². The van der Waals surface area contributed by atoms with Crippen LogP contribution < -0.4 is 5.73 Å². The predicted octanol–water partition coefficient (Wildman–Crippen LogP) is 2.80. The third kappa shape index (κ3) is 3.81. The first-order valence-electron chi connectivity index (χ1n) is 7.69. The quantitative estimate of drug-likeness (QED) is 0.919. The predicted molar refractivity (Wildman–Crippen MR) is 83.9 cm³/mol. The number of morpholine rings is 1. The summed E-state index contributed by atoms with van der Waals surface area (Å²) in [5.41, 5.74) is 10.3. The molecule has 0 aliphatic carbocycles. The molecule has 0 amide bonds. The van der Waals surface area contributed by atoms with Crippen LogP contribution in [0.3, 0.4) is 0 Å². The third-order valence-corrected chi connectivity index (χ3v) is 4.16. The summed E-state index contributed by atoms with van der Waals surface area (Å²) in [6.45, 7) is 11.4. The second-order valence-electron chi connectivity index (χ2n) is 6.19. The number of nitrogens with two attached hydrogens (primary N) is 1. The van der Waals surface area contributed by atoms with Gasteiger partial charge in [-0.1, -0.05) is 36.2 Å². The maximum Gasteiger partial charge on any atom is 0.0674 e. The van der Waals surface area contributed by atoms with Crippen molar-refractivity contribution in [2.45, 2.75) is 52.3 Å². The van der Waals surface area contributed by atoms with E-state index in [1.165, 1.54) is 16.7 Å². The molecular formula is C17H28N2O. The zero-order valence-corrected chi connectivity index (χ0v) is 13.2. The number of hydrogen-bond acceptors (Lipinski definition) is 3. The van der Waals surface area contributed by atoms with Gasteiger partial charge in [-0.3, -0.25) is 4.90 Å². The van der Waals surface area contributed by atoms with Crippen LogP contribution in [0, 0.1) is 13.8 Å². The molecule has 0 aromatic heterocycles. The van der Waals surface area contributed by atoms with Crippen molar-refractivity contribution >= 4 is 0 Å². The molecule has 1 saturated heterocycles. The van der Waals surface area contributed by atoms with Crippen molar-refractivity contribution in [2.24, 2.45) is 5.73 Å². The Morgan fingerprint density at radius 1 is 1.30 bits per heavy atom. The zero-order valence-electron chi connectivity index (χ0n) is 13.2. The maximum atomic E-state index is 6.44. The lowest BCUT2D eigenvalue weighted by Gasteiger charge is -2.39. The van der Waals surface area contributed by atoms with Crippen LogP contribution in [0.2, 0.25) is 0 Å². The molecule has 2 rings (SSSR count). The van der Waals surface area contributed by atoms with Gasteiger partial charge in [0.25, 0.3) is 0 Å². The minimum absolute atomic E-state index is 0.0768. The second kappa shape index (κ2) is 6.70. The van der Waals surface area contributed by atoms with Crippen LogP contribution in [0.25, 0.3) is 0 Å². The van der Waals surface area contributed by atoms with Crippen molar-refractivity contribution < 1.29 is 4.74 Å². The molecule has 3 unspecified atom stereocenters. The highest BCUT2D eigenvalue weighted by Crippen LogP contribution is 2.20. The van der Waals surface area contributed by atoms with E-state index in [2.05, 4.69) is 50.8 Å². The van der Waals surface area contributed by atoms with Gasteiger partial charge >= 0.3 is 0 Å². The average Bonchev–Trinajstić information content (AvgIpc) is 2.37.